The zero-order chi connectivity index (χ0) is 16.1. The van der Waals surface area contributed by atoms with Gasteiger partial charge in [0.2, 0.25) is 0 Å². The molecule has 2 aromatic heterocycles. The molecule has 0 aliphatic heterocycles. The number of nitrogens with zero attached hydrogens (tertiary/aromatic N) is 4. The van der Waals surface area contributed by atoms with Crippen LogP contribution < -0.4 is 0 Å². The lowest BCUT2D eigenvalue weighted by molar-refractivity contribution is 0.0762. The summed E-state index contributed by atoms with van der Waals surface area (Å²) < 4.78 is 0. The molecule has 1 amide bonds. The van der Waals surface area contributed by atoms with Gasteiger partial charge in [-0.3, -0.25) is 9.78 Å². The highest BCUT2D eigenvalue weighted by atomic mass is 16.2. The van der Waals surface area contributed by atoms with Crippen LogP contribution in [0.3, 0.4) is 0 Å². The lowest BCUT2D eigenvalue weighted by Gasteiger charge is -2.21. The predicted molar refractivity (Wildman–Crippen MR) is 89.1 cm³/mol. The fraction of sp³-hybridized carbons (Fsp3) is 0.222. The molecular weight excluding hydrogens is 288 g/mol. The van der Waals surface area contributed by atoms with Crippen LogP contribution in [0.25, 0.3) is 10.9 Å². The van der Waals surface area contributed by atoms with Crippen molar-refractivity contribution in [2.24, 2.45) is 0 Å². The molecule has 116 valence electrons. The van der Waals surface area contributed by atoms with Crippen LogP contribution in [0, 0.1) is 0 Å². The quantitative estimate of drug-likeness (QED) is 0.727. The predicted octanol–water partition coefficient (Wildman–Crippen LogP) is 2.73. The summed E-state index contributed by atoms with van der Waals surface area (Å²) >= 11 is 0. The molecule has 3 rings (SSSR count). The van der Waals surface area contributed by atoms with Crippen LogP contribution in [0.15, 0.2) is 55.1 Å². The van der Waals surface area contributed by atoms with Gasteiger partial charge in [-0.05, 0) is 37.1 Å². The molecule has 0 saturated heterocycles. The van der Waals surface area contributed by atoms with E-state index in [-0.39, 0.29) is 5.91 Å². The minimum absolute atomic E-state index is 0.0554. The highest BCUT2D eigenvalue weighted by Gasteiger charge is 2.18. The largest absolute Gasteiger partial charge is 0.337 e. The third-order valence-corrected chi connectivity index (χ3v) is 3.83. The highest BCUT2D eigenvalue weighted by molar-refractivity contribution is 6.04. The van der Waals surface area contributed by atoms with Gasteiger partial charge in [-0.2, -0.15) is 0 Å². The number of para-hydroxylation sites is 1. The molecule has 5 nitrogen and oxygen atoms in total. The Morgan fingerprint density at radius 2 is 1.87 bits per heavy atom. The van der Waals surface area contributed by atoms with Gasteiger partial charge in [0.1, 0.15) is 12.0 Å². The van der Waals surface area contributed by atoms with Crippen molar-refractivity contribution in [3.63, 3.8) is 0 Å². The van der Waals surface area contributed by atoms with Gasteiger partial charge in [-0.15, -0.1) is 0 Å². The van der Waals surface area contributed by atoms with E-state index >= 15 is 0 Å². The number of carbonyl (C=O) groups excluding carboxylic acids is 1. The maximum atomic E-state index is 12.8. The third kappa shape index (κ3) is 3.34. The normalized spacial score (nSPS) is 10.7. The fourth-order valence-electron chi connectivity index (χ4n) is 2.54. The van der Waals surface area contributed by atoms with E-state index in [4.69, 9.17) is 0 Å². The lowest BCUT2D eigenvalue weighted by Crippen LogP contribution is -2.33. The van der Waals surface area contributed by atoms with E-state index < -0.39 is 0 Å². The number of hydrogen-bond acceptors (Lipinski definition) is 4. The van der Waals surface area contributed by atoms with Crippen LogP contribution in [-0.2, 0) is 6.42 Å². The van der Waals surface area contributed by atoms with Gasteiger partial charge in [0.05, 0.1) is 5.52 Å². The zero-order valence-corrected chi connectivity index (χ0v) is 13.0. The van der Waals surface area contributed by atoms with E-state index in [1.54, 1.807) is 12.4 Å². The smallest absolute Gasteiger partial charge is 0.273 e. The average Bonchev–Trinajstić information content (AvgIpc) is 2.62. The summed E-state index contributed by atoms with van der Waals surface area (Å²) in [5.74, 6) is -0.0554. The SMILES string of the molecule is CCN(CCc1ccncc1)C(=O)c1ncnc2ccccc12. The molecule has 2 heterocycles. The molecule has 0 saturated carbocycles. The number of fused-ring (bicyclic) bond motifs is 1. The molecule has 23 heavy (non-hydrogen) atoms. The second kappa shape index (κ2) is 6.96. The van der Waals surface area contributed by atoms with Crippen molar-refractivity contribution in [3.05, 3.63) is 66.4 Å². The van der Waals surface area contributed by atoms with Crippen LogP contribution in [0.2, 0.25) is 0 Å². The van der Waals surface area contributed by atoms with Gasteiger partial charge in [0.15, 0.2) is 0 Å². The molecule has 5 heteroatoms. The van der Waals surface area contributed by atoms with Gasteiger partial charge in [-0.25, -0.2) is 9.97 Å². The number of amides is 1. The monoisotopic (exact) mass is 306 g/mol. The highest BCUT2D eigenvalue weighted by Crippen LogP contribution is 2.16. The molecule has 1 aromatic carbocycles. The molecular formula is C18H18N4O. The standard InChI is InChI=1S/C18H18N4O/c1-2-22(12-9-14-7-10-19-11-8-14)18(23)17-15-5-3-4-6-16(15)20-13-21-17/h3-8,10-11,13H,2,9,12H2,1H3. The van der Waals surface area contributed by atoms with E-state index in [1.165, 1.54) is 11.9 Å². The maximum Gasteiger partial charge on any atom is 0.273 e. The molecule has 0 aliphatic carbocycles. The van der Waals surface area contributed by atoms with Crippen molar-refractivity contribution in [2.75, 3.05) is 13.1 Å². The number of hydrogen-bond donors (Lipinski definition) is 0. The number of aromatic nitrogens is 3. The molecule has 0 radical (unpaired) electrons. The van der Waals surface area contributed by atoms with Gasteiger partial charge in [0.25, 0.3) is 5.91 Å². The molecule has 3 aromatic rings. The van der Waals surface area contributed by atoms with Crippen molar-refractivity contribution in [2.45, 2.75) is 13.3 Å². The first-order chi connectivity index (χ1) is 11.3. The summed E-state index contributed by atoms with van der Waals surface area (Å²) in [5.41, 5.74) is 2.42. The number of likely N-dealkylation sites (N-methyl/N-ethyl adjacent to an activating group) is 1. The summed E-state index contributed by atoms with van der Waals surface area (Å²) in [5, 5.41) is 0.794. The summed E-state index contributed by atoms with van der Waals surface area (Å²) in [7, 11) is 0. The Bertz CT molecular complexity index is 799. The maximum absolute atomic E-state index is 12.8. The van der Waals surface area contributed by atoms with Crippen molar-refractivity contribution in [3.8, 4) is 0 Å². The minimum atomic E-state index is -0.0554. The van der Waals surface area contributed by atoms with Gasteiger partial charge in [0, 0.05) is 30.9 Å². The second-order valence-corrected chi connectivity index (χ2v) is 5.23. The van der Waals surface area contributed by atoms with Gasteiger partial charge < -0.3 is 4.90 Å². The molecule has 0 bridgehead atoms. The molecule has 0 fully saturated rings. The number of benzene rings is 1. The van der Waals surface area contributed by atoms with Crippen LogP contribution in [-0.4, -0.2) is 38.8 Å². The van der Waals surface area contributed by atoms with Crippen molar-refractivity contribution < 1.29 is 4.79 Å². The van der Waals surface area contributed by atoms with Crippen molar-refractivity contribution >= 4 is 16.8 Å². The number of pyridine rings is 1. The molecule has 0 N–H and O–H groups in total. The Hall–Kier alpha value is -2.82. The summed E-state index contributed by atoms with van der Waals surface area (Å²) in [6.45, 7) is 3.27. The number of rotatable bonds is 5. The zero-order valence-electron chi connectivity index (χ0n) is 13.0. The first-order valence-electron chi connectivity index (χ1n) is 7.67. The van der Waals surface area contributed by atoms with E-state index in [2.05, 4.69) is 15.0 Å². The van der Waals surface area contributed by atoms with E-state index in [1.807, 2.05) is 48.2 Å². The molecule has 0 atom stereocenters. The Morgan fingerprint density at radius 3 is 2.65 bits per heavy atom. The molecule has 0 aliphatic rings. The van der Waals surface area contributed by atoms with Crippen molar-refractivity contribution in [1.29, 1.82) is 0 Å². The Labute approximate surface area is 135 Å². The topological polar surface area (TPSA) is 59.0 Å². The minimum Gasteiger partial charge on any atom is -0.337 e. The van der Waals surface area contributed by atoms with Crippen LogP contribution in [0.4, 0.5) is 0 Å². The van der Waals surface area contributed by atoms with Crippen LogP contribution in [0.5, 0.6) is 0 Å². The first kappa shape index (κ1) is 15.1. The van der Waals surface area contributed by atoms with Gasteiger partial charge >= 0.3 is 0 Å². The molecule has 0 spiro atoms. The van der Waals surface area contributed by atoms with E-state index in [0.717, 1.165) is 17.3 Å². The van der Waals surface area contributed by atoms with E-state index in [0.29, 0.717) is 18.8 Å². The van der Waals surface area contributed by atoms with Crippen LogP contribution in [0.1, 0.15) is 23.0 Å². The second-order valence-electron chi connectivity index (χ2n) is 5.23. The average molecular weight is 306 g/mol. The summed E-state index contributed by atoms with van der Waals surface area (Å²) in [6.07, 6.45) is 5.79. The molecule has 0 unspecified atom stereocenters. The van der Waals surface area contributed by atoms with E-state index in [9.17, 15) is 4.79 Å². The first-order valence-corrected chi connectivity index (χ1v) is 7.67. The summed E-state index contributed by atoms with van der Waals surface area (Å²) in [4.78, 5) is 27.1. The Kier molecular flexibility index (Phi) is 4.57. The Morgan fingerprint density at radius 1 is 1.09 bits per heavy atom. The fourth-order valence-corrected chi connectivity index (χ4v) is 2.54. The number of carbonyl (C=O) groups is 1. The Balaban J connectivity index is 1.81. The van der Waals surface area contributed by atoms with Crippen molar-refractivity contribution in [1.82, 2.24) is 19.9 Å². The lowest BCUT2D eigenvalue weighted by atomic mass is 10.1. The summed E-state index contributed by atoms with van der Waals surface area (Å²) in [6, 6.07) is 11.5. The van der Waals surface area contributed by atoms with Gasteiger partial charge in [-0.1, -0.05) is 18.2 Å². The third-order valence-electron chi connectivity index (χ3n) is 3.83. The van der Waals surface area contributed by atoms with Crippen LogP contribution >= 0.6 is 0 Å².